The van der Waals surface area contributed by atoms with Crippen molar-refractivity contribution in [1.82, 2.24) is 39.5 Å². The number of rotatable bonds is 11. The molecule has 1 saturated carbocycles. The zero-order valence-electron chi connectivity index (χ0n) is 33.4. The number of morpholine rings is 1. The Hall–Kier alpha value is -4.71. The quantitative estimate of drug-likeness (QED) is 0.202. The molecule has 10 rings (SSSR count). The first-order chi connectivity index (χ1) is 29.1. The van der Waals surface area contributed by atoms with E-state index in [9.17, 15) is 23.2 Å². The Balaban J connectivity index is 0.675. The molecule has 6 aliphatic rings. The number of anilines is 3. The number of halogens is 3. The third-order valence-corrected chi connectivity index (χ3v) is 13.9. The van der Waals surface area contributed by atoms with Crippen molar-refractivity contribution in [3.8, 4) is 0 Å². The fourth-order valence-corrected chi connectivity index (χ4v) is 10.6. The van der Waals surface area contributed by atoms with E-state index in [-0.39, 0.29) is 47.2 Å². The van der Waals surface area contributed by atoms with Crippen molar-refractivity contribution in [3.63, 3.8) is 0 Å². The Morgan fingerprint density at radius 2 is 1.73 bits per heavy atom. The number of aromatic nitrogens is 5. The predicted octanol–water partition coefficient (Wildman–Crippen LogP) is 4.75. The zero-order valence-corrected chi connectivity index (χ0v) is 34.2. The second-order valence-corrected chi connectivity index (χ2v) is 17.9. The summed E-state index contributed by atoms with van der Waals surface area (Å²) in [5.74, 6) is 0.425. The molecule has 1 aromatic carbocycles. The zero-order chi connectivity index (χ0) is 41.1. The van der Waals surface area contributed by atoms with E-state index in [1.165, 1.54) is 10.7 Å². The molecule has 4 aromatic rings. The highest BCUT2D eigenvalue weighted by Crippen LogP contribution is 2.38. The number of hydrogen-bond donors (Lipinski definition) is 2. The lowest BCUT2D eigenvalue weighted by atomic mass is 9.85. The second-order valence-electron chi connectivity index (χ2n) is 17.5. The molecule has 18 heteroatoms. The molecule has 2 bridgehead atoms. The van der Waals surface area contributed by atoms with Crippen LogP contribution in [0.2, 0.25) is 5.02 Å². The smallest absolute Gasteiger partial charge is 0.284 e. The van der Waals surface area contributed by atoms with Gasteiger partial charge < -0.3 is 29.7 Å². The van der Waals surface area contributed by atoms with Crippen molar-refractivity contribution in [2.75, 3.05) is 80.6 Å². The van der Waals surface area contributed by atoms with Crippen molar-refractivity contribution < 1.29 is 27.9 Å². The van der Waals surface area contributed by atoms with E-state index in [1.807, 2.05) is 24.3 Å². The minimum absolute atomic E-state index is 0.0106. The fraction of sp³-hybridized carbons (Fsp3) is 0.571. The number of imide groups is 1. The van der Waals surface area contributed by atoms with Crippen LogP contribution in [-0.2, 0) is 14.3 Å². The van der Waals surface area contributed by atoms with Gasteiger partial charge in [0.25, 0.3) is 12.3 Å². The summed E-state index contributed by atoms with van der Waals surface area (Å²) < 4.78 is 37.4. The highest BCUT2D eigenvalue weighted by Gasteiger charge is 2.40. The lowest BCUT2D eigenvalue weighted by Crippen LogP contribution is -2.55. The Morgan fingerprint density at radius 1 is 0.967 bits per heavy atom. The first-order valence-electron chi connectivity index (χ1n) is 21.4. The number of fused-ring (bicyclic) bond motifs is 3. The third kappa shape index (κ3) is 7.84. The number of piperazine rings is 1. The van der Waals surface area contributed by atoms with Gasteiger partial charge in [0, 0.05) is 94.3 Å². The molecule has 0 spiro atoms. The molecule has 3 aromatic heterocycles. The van der Waals surface area contributed by atoms with Crippen LogP contribution in [-0.4, -0.2) is 130 Å². The van der Waals surface area contributed by atoms with Gasteiger partial charge in [0.05, 0.1) is 42.6 Å². The maximum Gasteiger partial charge on any atom is 0.284 e. The first kappa shape index (κ1) is 39.4. The molecule has 2 N–H and O–H groups in total. The minimum Gasteiger partial charge on any atom is -0.374 e. The number of carbonyl (C=O) groups is 3. The van der Waals surface area contributed by atoms with Gasteiger partial charge in [-0.25, -0.2) is 18.3 Å². The summed E-state index contributed by atoms with van der Waals surface area (Å²) in [6.07, 6.45) is 7.53. The molecule has 1 unspecified atom stereocenters. The molecule has 60 heavy (non-hydrogen) atoms. The molecule has 15 nitrogen and oxygen atoms in total. The lowest BCUT2D eigenvalue weighted by molar-refractivity contribution is -0.134. The molecular formula is C42H50ClF2N11O4. The summed E-state index contributed by atoms with van der Waals surface area (Å²) in [5.41, 5.74) is 2.00. The molecular weight excluding hydrogens is 796 g/mol. The van der Waals surface area contributed by atoms with E-state index < -0.39 is 18.0 Å². The largest absolute Gasteiger partial charge is 0.374 e. The summed E-state index contributed by atoms with van der Waals surface area (Å²) in [7, 11) is 0. The van der Waals surface area contributed by atoms with E-state index in [4.69, 9.17) is 21.3 Å². The highest BCUT2D eigenvalue weighted by molar-refractivity contribution is 6.32. The van der Waals surface area contributed by atoms with Crippen LogP contribution in [0.15, 0.2) is 42.9 Å². The van der Waals surface area contributed by atoms with Crippen molar-refractivity contribution in [2.24, 2.45) is 11.8 Å². The number of piperidine rings is 1. The topological polar surface area (TPSA) is 145 Å². The minimum atomic E-state index is -2.84. The van der Waals surface area contributed by atoms with Crippen molar-refractivity contribution in [3.05, 3.63) is 64.7 Å². The van der Waals surface area contributed by atoms with Gasteiger partial charge >= 0.3 is 0 Å². The van der Waals surface area contributed by atoms with Crippen LogP contribution in [0.3, 0.4) is 0 Å². The molecule has 3 amide bonds. The number of nitrogens with one attached hydrogen (secondary N) is 2. The number of nitrogens with zero attached hydrogens (tertiary/aromatic N) is 9. The van der Waals surface area contributed by atoms with Gasteiger partial charge in [-0.15, -0.1) is 0 Å². The van der Waals surface area contributed by atoms with Crippen molar-refractivity contribution in [2.45, 2.75) is 75.5 Å². The van der Waals surface area contributed by atoms with Crippen molar-refractivity contribution in [1.29, 1.82) is 0 Å². The number of hydrogen-bond acceptors (Lipinski definition) is 11. The number of amides is 3. The van der Waals surface area contributed by atoms with Gasteiger partial charge in [-0.1, -0.05) is 17.7 Å². The van der Waals surface area contributed by atoms with E-state index in [1.54, 1.807) is 17.1 Å². The van der Waals surface area contributed by atoms with Gasteiger partial charge in [0.2, 0.25) is 11.8 Å². The van der Waals surface area contributed by atoms with E-state index >= 15 is 0 Å². The van der Waals surface area contributed by atoms with Crippen LogP contribution in [0.5, 0.6) is 0 Å². The Bertz CT molecular complexity index is 2270. The number of ether oxygens (including phenoxy) is 1. The van der Waals surface area contributed by atoms with E-state index in [0.29, 0.717) is 42.0 Å². The van der Waals surface area contributed by atoms with E-state index in [2.05, 4.69) is 40.4 Å². The Morgan fingerprint density at radius 3 is 2.42 bits per heavy atom. The lowest BCUT2D eigenvalue weighted by Gasteiger charge is -2.45. The molecule has 5 aliphatic heterocycles. The molecule has 5 saturated heterocycles. The average molecular weight is 846 g/mol. The summed E-state index contributed by atoms with van der Waals surface area (Å²) in [4.78, 5) is 51.9. The molecule has 1 aliphatic carbocycles. The molecule has 3 atom stereocenters. The van der Waals surface area contributed by atoms with E-state index in [0.717, 1.165) is 108 Å². The molecule has 0 radical (unpaired) electrons. The van der Waals surface area contributed by atoms with Gasteiger partial charge in [-0.3, -0.25) is 24.4 Å². The van der Waals surface area contributed by atoms with Crippen LogP contribution < -0.4 is 20.4 Å². The third-order valence-electron chi connectivity index (χ3n) is 13.6. The van der Waals surface area contributed by atoms with Crippen LogP contribution in [0.1, 0.15) is 84.9 Å². The molecule has 8 heterocycles. The number of benzene rings is 1. The summed E-state index contributed by atoms with van der Waals surface area (Å²) in [6.45, 7) is 9.59. The molecule has 318 valence electrons. The highest BCUT2D eigenvalue weighted by atomic mass is 35.5. The monoisotopic (exact) mass is 845 g/mol. The maximum absolute atomic E-state index is 14.3. The normalized spacial score (nSPS) is 26.6. The van der Waals surface area contributed by atoms with Crippen molar-refractivity contribution >= 4 is 52.2 Å². The predicted molar refractivity (Wildman–Crippen MR) is 220 cm³/mol. The Kier molecular flexibility index (Phi) is 10.7. The Labute approximate surface area is 351 Å². The van der Waals surface area contributed by atoms with Crippen LogP contribution in [0, 0.1) is 11.8 Å². The SMILES string of the molecule is O=C1CCC(c2ccc(N3CC(CN4CCN(CC5CCC(n6cc(NC(=O)c7cnn8ccc(N9C[C@H]%10C[C@@H]9CO%10)nc78)c(C(F)F)n6)CC5)CC4)C3)cc2Cl)C(=O)N1. The maximum atomic E-state index is 14.3. The second kappa shape index (κ2) is 16.3. The fourth-order valence-electron chi connectivity index (χ4n) is 10.3. The van der Waals surface area contributed by atoms with Gasteiger partial charge in [-0.05, 0) is 68.2 Å². The molecule has 6 fully saturated rings. The number of alkyl halides is 2. The van der Waals surface area contributed by atoms with Gasteiger partial charge in [0.15, 0.2) is 11.3 Å². The van der Waals surface area contributed by atoms with Crippen LogP contribution in [0.4, 0.5) is 26.0 Å². The summed E-state index contributed by atoms with van der Waals surface area (Å²) in [6, 6.07) is 8.03. The van der Waals surface area contributed by atoms with Gasteiger partial charge in [0.1, 0.15) is 11.4 Å². The average Bonchev–Trinajstić information content (AvgIpc) is 4.05. The number of carbonyl (C=O) groups excluding carboxylic acids is 3. The van der Waals surface area contributed by atoms with Crippen LogP contribution >= 0.6 is 11.6 Å². The summed E-state index contributed by atoms with van der Waals surface area (Å²) in [5, 5.41) is 14.3. The summed E-state index contributed by atoms with van der Waals surface area (Å²) >= 11 is 6.63. The van der Waals surface area contributed by atoms with Gasteiger partial charge in [-0.2, -0.15) is 10.2 Å². The standard InChI is InChI=1S/C42H50ClF2N11O4/c43-34-16-28(5-6-31(34)32-7-8-37(57)49-41(32)58)53-20-26(21-53)19-52-13-11-51(12-14-52)18-25-1-3-27(4-2-25)56-23-35(38(50-56)39(44)45)47-42(59)33-17-46-55-10-9-36(48-40(33)55)54-22-30-15-29(54)24-60-30/h5-6,9-10,16-17,23,25-27,29-30,32,39H,1-4,7-8,11-15,18-22,24H2,(H,47,59)(H,49,57,58)/t25?,27?,29-,30-,32?/m1/s1. The van der Waals surface area contributed by atoms with Crippen LogP contribution in [0.25, 0.3) is 5.65 Å². The first-order valence-corrected chi connectivity index (χ1v) is 21.7.